The fourth-order valence-electron chi connectivity index (χ4n) is 1.14. The third-order valence-corrected chi connectivity index (χ3v) is 2.72. The Morgan fingerprint density at radius 1 is 1.50 bits per heavy atom. The summed E-state index contributed by atoms with van der Waals surface area (Å²) in [5.41, 5.74) is 2.95. The third kappa shape index (κ3) is 3.83. The van der Waals surface area contributed by atoms with Crippen LogP contribution in [0.1, 0.15) is 12.5 Å². The topological polar surface area (TPSA) is 24.1 Å². The van der Waals surface area contributed by atoms with E-state index in [2.05, 4.69) is 17.2 Å². The lowest BCUT2D eigenvalue weighted by Gasteiger charge is -2.13. The van der Waals surface area contributed by atoms with E-state index < -0.39 is 0 Å². The van der Waals surface area contributed by atoms with E-state index in [1.807, 2.05) is 32.0 Å². The average molecular weight is 255 g/mol. The first-order valence-electron chi connectivity index (χ1n) is 4.95. The number of benzene rings is 1. The zero-order valence-corrected chi connectivity index (χ0v) is 11.0. The van der Waals surface area contributed by atoms with Crippen molar-refractivity contribution in [2.75, 3.05) is 11.9 Å². The maximum Gasteiger partial charge on any atom is 0.171 e. The van der Waals surface area contributed by atoms with Gasteiger partial charge < -0.3 is 10.6 Å². The SMILES string of the molecule is C=C(C)CNC(=S)Nc1cccc(Cl)c1C. The molecule has 0 aliphatic carbocycles. The number of nitrogens with one attached hydrogen (secondary N) is 2. The molecule has 1 aromatic carbocycles. The number of hydrogen-bond acceptors (Lipinski definition) is 1. The highest BCUT2D eigenvalue weighted by atomic mass is 35.5. The largest absolute Gasteiger partial charge is 0.359 e. The summed E-state index contributed by atoms with van der Waals surface area (Å²) in [6, 6.07) is 5.68. The van der Waals surface area contributed by atoms with Crippen LogP contribution in [0.2, 0.25) is 5.02 Å². The van der Waals surface area contributed by atoms with E-state index in [9.17, 15) is 0 Å². The summed E-state index contributed by atoms with van der Waals surface area (Å²) >= 11 is 11.2. The van der Waals surface area contributed by atoms with Gasteiger partial charge in [0.2, 0.25) is 0 Å². The van der Waals surface area contributed by atoms with Gasteiger partial charge in [0.15, 0.2) is 5.11 Å². The molecule has 2 nitrogen and oxygen atoms in total. The Labute approximate surface area is 107 Å². The van der Waals surface area contributed by atoms with Crippen LogP contribution in [0.4, 0.5) is 5.69 Å². The maximum absolute atomic E-state index is 6.01. The number of halogens is 1. The Kier molecular flexibility index (Phi) is 4.77. The summed E-state index contributed by atoms with van der Waals surface area (Å²) in [6.07, 6.45) is 0. The minimum atomic E-state index is 0.577. The Morgan fingerprint density at radius 3 is 2.81 bits per heavy atom. The quantitative estimate of drug-likeness (QED) is 0.638. The van der Waals surface area contributed by atoms with E-state index in [0.29, 0.717) is 11.7 Å². The van der Waals surface area contributed by atoms with Crippen molar-refractivity contribution in [3.63, 3.8) is 0 Å². The normalized spacial score (nSPS) is 9.69. The molecule has 16 heavy (non-hydrogen) atoms. The summed E-state index contributed by atoms with van der Waals surface area (Å²) in [4.78, 5) is 0. The molecule has 2 N–H and O–H groups in total. The fourth-order valence-corrected chi connectivity index (χ4v) is 1.50. The van der Waals surface area contributed by atoms with Crippen LogP contribution in [0.25, 0.3) is 0 Å². The second-order valence-corrected chi connectivity index (χ2v) is 4.49. The minimum Gasteiger partial charge on any atom is -0.359 e. The minimum absolute atomic E-state index is 0.577. The van der Waals surface area contributed by atoms with Gasteiger partial charge in [0.05, 0.1) is 0 Å². The van der Waals surface area contributed by atoms with Crippen LogP contribution >= 0.6 is 23.8 Å². The van der Waals surface area contributed by atoms with Gasteiger partial charge in [0.1, 0.15) is 0 Å². The Balaban J connectivity index is 2.63. The first kappa shape index (κ1) is 13.0. The molecule has 0 spiro atoms. The molecule has 0 aromatic heterocycles. The van der Waals surface area contributed by atoms with Crippen LogP contribution in [0.15, 0.2) is 30.4 Å². The monoisotopic (exact) mass is 254 g/mol. The van der Waals surface area contributed by atoms with Gasteiger partial charge >= 0.3 is 0 Å². The smallest absolute Gasteiger partial charge is 0.171 e. The standard InChI is InChI=1S/C12H15ClN2S/c1-8(2)7-14-12(16)15-11-6-4-5-10(13)9(11)3/h4-6H,1,7H2,2-3H3,(H2,14,15,16). The van der Waals surface area contributed by atoms with E-state index in [1.165, 1.54) is 0 Å². The Bertz CT molecular complexity index is 415. The summed E-state index contributed by atoms with van der Waals surface area (Å²) in [5, 5.41) is 7.46. The molecule has 0 saturated carbocycles. The highest BCUT2D eigenvalue weighted by Crippen LogP contribution is 2.22. The summed E-state index contributed by atoms with van der Waals surface area (Å²) < 4.78 is 0. The van der Waals surface area contributed by atoms with Crippen molar-refractivity contribution in [3.8, 4) is 0 Å². The summed E-state index contributed by atoms with van der Waals surface area (Å²) in [7, 11) is 0. The summed E-state index contributed by atoms with van der Waals surface area (Å²) in [5.74, 6) is 0. The van der Waals surface area contributed by atoms with Gasteiger partial charge in [0, 0.05) is 17.3 Å². The van der Waals surface area contributed by atoms with Gasteiger partial charge in [-0.2, -0.15) is 0 Å². The second-order valence-electron chi connectivity index (χ2n) is 3.68. The first-order chi connectivity index (χ1) is 7.50. The molecular weight excluding hydrogens is 240 g/mol. The van der Waals surface area contributed by atoms with Crippen molar-refractivity contribution in [3.05, 3.63) is 40.9 Å². The van der Waals surface area contributed by atoms with Crippen LogP contribution in [0, 0.1) is 6.92 Å². The zero-order chi connectivity index (χ0) is 12.1. The molecule has 0 bridgehead atoms. The van der Waals surface area contributed by atoms with Crippen molar-refractivity contribution in [2.24, 2.45) is 0 Å². The molecule has 0 amide bonds. The predicted molar refractivity (Wildman–Crippen MR) is 75.2 cm³/mol. The van der Waals surface area contributed by atoms with Crippen molar-refractivity contribution in [1.29, 1.82) is 0 Å². The molecule has 0 saturated heterocycles. The van der Waals surface area contributed by atoms with Gasteiger partial charge in [-0.3, -0.25) is 0 Å². The maximum atomic E-state index is 6.01. The van der Waals surface area contributed by atoms with E-state index in [1.54, 1.807) is 0 Å². The van der Waals surface area contributed by atoms with Crippen molar-refractivity contribution >= 4 is 34.6 Å². The zero-order valence-electron chi connectivity index (χ0n) is 9.43. The van der Waals surface area contributed by atoms with Gasteiger partial charge in [-0.05, 0) is 43.8 Å². The molecule has 1 aromatic rings. The van der Waals surface area contributed by atoms with Crippen LogP contribution < -0.4 is 10.6 Å². The molecule has 0 aliphatic heterocycles. The average Bonchev–Trinajstić information content (AvgIpc) is 2.22. The molecule has 86 valence electrons. The van der Waals surface area contributed by atoms with Crippen LogP contribution in [0.3, 0.4) is 0 Å². The highest BCUT2D eigenvalue weighted by molar-refractivity contribution is 7.80. The van der Waals surface area contributed by atoms with Crippen LogP contribution in [-0.4, -0.2) is 11.7 Å². The van der Waals surface area contributed by atoms with E-state index >= 15 is 0 Å². The molecular formula is C12H15ClN2S. The van der Waals surface area contributed by atoms with Crippen molar-refractivity contribution < 1.29 is 0 Å². The third-order valence-electron chi connectivity index (χ3n) is 2.07. The Morgan fingerprint density at radius 2 is 2.19 bits per heavy atom. The fraction of sp³-hybridized carbons (Fsp3) is 0.250. The predicted octanol–water partition coefficient (Wildman–Crippen LogP) is 3.51. The number of hydrogen-bond donors (Lipinski definition) is 2. The van der Waals surface area contributed by atoms with E-state index in [4.69, 9.17) is 23.8 Å². The lowest BCUT2D eigenvalue weighted by Crippen LogP contribution is -2.29. The van der Waals surface area contributed by atoms with Crippen LogP contribution in [0.5, 0.6) is 0 Å². The van der Waals surface area contributed by atoms with Gasteiger partial charge in [0.25, 0.3) is 0 Å². The molecule has 0 radical (unpaired) electrons. The first-order valence-corrected chi connectivity index (χ1v) is 5.73. The highest BCUT2D eigenvalue weighted by Gasteiger charge is 2.03. The molecule has 0 unspecified atom stereocenters. The lowest BCUT2D eigenvalue weighted by atomic mass is 10.2. The number of thiocarbonyl (C=S) groups is 1. The van der Waals surface area contributed by atoms with Gasteiger partial charge in [-0.15, -0.1) is 0 Å². The van der Waals surface area contributed by atoms with E-state index in [-0.39, 0.29) is 0 Å². The Hall–Kier alpha value is -1.06. The second kappa shape index (κ2) is 5.87. The lowest BCUT2D eigenvalue weighted by molar-refractivity contribution is 0.999. The van der Waals surface area contributed by atoms with Gasteiger partial charge in [-0.25, -0.2) is 0 Å². The number of anilines is 1. The molecule has 0 aliphatic rings. The molecule has 0 atom stereocenters. The van der Waals surface area contributed by atoms with Gasteiger partial charge in [-0.1, -0.05) is 29.8 Å². The molecule has 4 heteroatoms. The molecule has 0 fully saturated rings. The van der Waals surface area contributed by atoms with Crippen molar-refractivity contribution in [1.82, 2.24) is 5.32 Å². The number of rotatable bonds is 3. The molecule has 0 heterocycles. The summed E-state index contributed by atoms with van der Waals surface area (Å²) in [6.45, 7) is 8.36. The molecule has 1 rings (SSSR count). The van der Waals surface area contributed by atoms with Crippen LogP contribution in [-0.2, 0) is 0 Å². The van der Waals surface area contributed by atoms with E-state index in [0.717, 1.165) is 21.8 Å². The van der Waals surface area contributed by atoms with Crippen molar-refractivity contribution in [2.45, 2.75) is 13.8 Å².